The Morgan fingerprint density at radius 3 is 2.14 bits per heavy atom. The number of aryl methyl sites for hydroxylation is 1. The molecule has 0 saturated heterocycles. The summed E-state index contributed by atoms with van der Waals surface area (Å²) in [5.41, 5.74) is 3.38. The maximum absolute atomic E-state index is 13.1. The molecule has 1 amide bonds. The Morgan fingerprint density at radius 2 is 1.54 bits per heavy atom. The number of nitrogens with zero attached hydrogens (tertiary/aromatic N) is 1. The molecule has 0 unspecified atom stereocenters. The molecule has 7 nitrogen and oxygen atoms in total. The average molecular weight is 476 g/mol. The van der Waals surface area contributed by atoms with Gasteiger partial charge in [-0.2, -0.15) is 0 Å². The number of hydrogen-bond donors (Lipinski definition) is 0. The van der Waals surface area contributed by atoms with E-state index in [1.807, 2.05) is 61.5 Å². The minimum absolute atomic E-state index is 0.325. The van der Waals surface area contributed by atoms with Gasteiger partial charge >= 0.3 is 5.97 Å². The number of methoxy groups -OCH3 is 3. The number of ether oxygens (including phenoxy) is 4. The molecule has 182 valence electrons. The lowest BCUT2D eigenvalue weighted by Gasteiger charge is -2.23. The highest BCUT2D eigenvalue weighted by Gasteiger charge is 2.18. The van der Waals surface area contributed by atoms with Crippen molar-refractivity contribution in [2.45, 2.75) is 13.5 Å². The van der Waals surface area contributed by atoms with E-state index in [-0.39, 0.29) is 12.5 Å². The average Bonchev–Trinajstić information content (AvgIpc) is 2.88. The van der Waals surface area contributed by atoms with Gasteiger partial charge in [0.15, 0.2) is 18.1 Å². The van der Waals surface area contributed by atoms with Crippen molar-refractivity contribution in [3.8, 4) is 17.2 Å². The highest BCUT2D eigenvalue weighted by atomic mass is 16.5. The van der Waals surface area contributed by atoms with Crippen LogP contribution in [0.2, 0.25) is 0 Å². The normalized spacial score (nSPS) is 10.6. The van der Waals surface area contributed by atoms with E-state index in [1.165, 1.54) is 27.4 Å². The number of anilines is 1. The second-order valence-corrected chi connectivity index (χ2v) is 7.70. The maximum Gasteiger partial charge on any atom is 0.331 e. The molecule has 0 bridgehead atoms. The van der Waals surface area contributed by atoms with Crippen LogP contribution in [-0.2, 0) is 20.9 Å². The number of esters is 1. The highest BCUT2D eigenvalue weighted by Crippen LogP contribution is 2.38. The summed E-state index contributed by atoms with van der Waals surface area (Å²) in [6.45, 7) is 1.93. The molecule has 0 fully saturated rings. The lowest BCUT2D eigenvalue weighted by Crippen LogP contribution is -2.34. The smallest absolute Gasteiger partial charge is 0.331 e. The van der Waals surface area contributed by atoms with Crippen molar-refractivity contribution in [2.24, 2.45) is 0 Å². The molecule has 35 heavy (non-hydrogen) atoms. The van der Waals surface area contributed by atoms with Gasteiger partial charge < -0.3 is 23.8 Å². The monoisotopic (exact) mass is 475 g/mol. The van der Waals surface area contributed by atoms with E-state index in [0.29, 0.717) is 29.4 Å². The van der Waals surface area contributed by atoms with Crippen molar-refractivity contribution in [1.29, 1.82) is 0 Å². The summed E-state index contributed by atoms with van der Waals surface area (Å²) in [7, 11) is 4.54. The Balaban J connectivity index is 1.70. The summed E-state index contributed by atoms with van der Waals surface area (Å²) in [4.78, 5) is 27.0. The molecule has 0 atom stereocenters. The number of hydrogen-bond acceptors (Lipinski definition) is 6. The van der Waals surface area contributed by atoms with E-state index in [9.17, 15) is 9.59 Å². The quantitative estimate of drug-likeness (QED) is 0.309. The molecular weight excluding hydrogens is 446 g/mol. The van der Waals surface area contributed by atoms with Crippen molar-refractivity contribution >= 4 is 23.6 Å². The first-order chi connectivity index (χ1) is 16.9. The lowest BCUT2D eigenvalue weighted by molar-refractivity contribution is -0.142. The van der Waals surface area contributed by atoms with Gasteiger partial charge in [0.25, 0.3) is 5.91 Å². The summed E-state index contributed by atoms with van der Waals surface area (Å²) in [6.07, 6.45) is 2.81. The van der Waals surface area contributed by atoms with Gasteiger partial charge in [0.1, 0.15) is 0 Å². The van der Waals surface area contributed by atoms with Crippen LogP contribution in [0, 0.1) is 6.92 Å². The molecule has 0 radical (unpaired) electrons. The number of amides is 1. The van der Waals surface area contributed by atoms with E-state index < -0.39 is 5.97 Å². The molecule has 7 heteroatoms. The SMILES string of the molecule is COc1cc(/C=C/C(=O)OCC(=O)N(Cc2ccccc2)c2cccc(C)c2)cc(OC)c1OC. The van der Waals surface area contributed by atoms with E-state index in [0.717, 1.165) is 16.8 Å². The Labute approximate surface area is 205 Å². The standard InChI is InChI=1S/C28H29NO6/c1-20-9-8-12-23(15-20)29(18-21-10-6-5-7-11-21)26(30)19-35-27(31)14-13-22-16-24(32-2)28(34-4)25(17-22)33-3/h5-17H,18-19H2,1-4H3/b14-13+. The summed E-state index contributed by atoms with van der Waals surface area (Å²) >= 11 is 0. The zero-order chi connectivity index (χ0) is 25.2. The predicted octanol–water partition coefficient (Wildman–Crippen LogP) is 4.81. The fourth-order valence-corrected chi connectivity index (χ4v) is 3.51. The zero-order valence-corrected chi connectivity index (χ0v) is 20.3. The van der Waals surface area contributed by atoms with Crippen LogP contribution in [0.25, 0.3) is 6.08 Å². The van der Waals surface area contributed by atoms with Gasteiger partial charge in [-0.05, 0) is 54.0 Å². The number of carbonyl (C=O) groups is 2. The van der Waals surface area contributed by atoms with Crippen molar-refractivity contribution in [2.75, 3.05) is 32.8 Å². The van der Waals surface area contributed by atoms with E-state index >= 15 is 0 Å². The van der Waals surface area contributed by atoms with Gasteiger partial charge in [-0.15, -0.1) is 0 Å². The van der Waals surface area contributed by atoms with Gasteiger partial charge in [0, 0.05) is 11.8 Å². The van der Waals surface area contributed by atoms with Crippen LogP contribution in [0.5, 0.6) is 17.2 Å². The van der Waals surface area contributed by atoms with Gasteiger partial charge in [0.2, 0.25) is 5.75 Å². The maximum atomic E-state index is 13.1. The summed E-state index contributed by atoms with van der Waals surface area (Å²) < 4.78 is 21.2. The largest absolute Gasteiger partial charge is 0.493 e. The van der Waals surface area contributed by atoms with Crippen LogP contribution in [-0.4, -0.2) is 39.8 Å². The fourth-order valence-electron chi connectivity index (χ4n) is 3.51. The van der Waals surface area contributed by atoms with Crippen LogP contribution < -0.4 is 19.1 Å². The summed E-state index contributed by atoms with van der Waals surface area (Å²) in [6, 6.07) is 20.7. The number of benzene rings is 3. The van der Waals surface area contributed by atoms with Crippen molar-refractivity contribution in [3.63, 3.8) is 0 Å². The first-order valence-corrected chi connectivity index (χ1v) is 11.0. The third kappa shape index (κ3) is 6.86. The first-order valence-electron chi connectivity index (χ1n) is 11.0. The predicted molar refractivity (Wildman–Crippen MR) is 135 cm³/mol. The minimum atomic E-state index is -0.643. The molecule has 0 aliphatic carbocycles. The van der Waals surface area contributed by atoms with E-state index in [4.69, 9.17) is 18.9 Å². The Kier molecular flexibility index (Phi) is 8.89. The minimum Gasteiger partial charge on any atom is -0.493 e. The molecule has 0 heterocycles. The van der Waals surface area contributed by atoms with Crippen molar-refractivity contribution in [1.82, 2.24) is 0 Å². The van der Waals surface area contributed by atoms with Crippen LogP contribution in [0.4, 0.5) is 5.69 Å². The molecule has 0 aliphatic rings. The zero-order valence-electron chi connectivity index (χ0n) is 20.3. The van der Waals surface area contributed by atoms with Crippen LogP contribution in [0.1, 0.15) is 16.7 Å². The molecule has 3 rings (SSSR count). The molecule has 0 saturated carbocycles. The van der Waals surface area contributed by atoms with Gasteiger partial charge in [-0.25, -0.2) is 4.79 Å². The van der Waals surface area contributed by atoms with Gasteiger partial charge in [-0.3, -0.25) is 4.79 Å². The van der Waals surface area contributed by atoms with Crippen LogP contribution >= 0.6 is 0 Å². The molecule has 3 aromatic carbocycles. The third-order valence-electron chi connectivity index (χ3n) is 5.23. The third-order valence-corrected chi connectivity index (χ3v) is 5.23. The molecule has 0 spiro atoms. The van der Waals surface area contributed by atoms with Gasteiger partial charge in [-0.1, -0.05) is 42.5 Å². The highest BCUT2D eigenvalue weighted by molar-refractivity contribution is 5.96. The molecular formula is C28H29NO6. The Hall–Kier alpha value is -4.26. The summed E-state index contributed by atoms with van der Waals surface area (Å²) in [5.74, 6) is 0.412. The first kappa shape index (κ1) is 25.4. The molecule has 0 N–H and O–H groups in total. The molecule has 3 aromatic rings. The Bertz CT molecular complexity index is 1160. The fraction of sp³-hybridized carbons (Fsp3) is 0.214. The second-order valence-electron chi connectivity index (χ2n) is 7.70. The molecule has 0 aliphatic heterocycles. The lowest BCUT2D eigenvalue weighted by atomic mass is 10.1. The van der Waals surface area contributed by atoms with E-state index in [2.05, 4.69) is 0 Å². The topological polar surface area (TPSA) is 74.3 Å². The van der Waals surface area contributed by atoms with Crippen molar-refractivity contribution in [3.05, 3.63) is 89.5 Å². The Morgan fingerprint density at radius 1 is 0.857 bits per heavy atom. The number of carbonyl (C=O) groups excluding carboxylic acids is 2. The van der Waals surface area contributed by atoms with Crippen LogP contribution in [0.15, 0.2) is 72.8 Å². The van der Waals surface area contributed by atoms with Crippen molar-refractivity contribution < 1.29 is 28.5 Å². The second kappa shape index (κ2) is 12.3. The van der Waals surface area contributed by atoms with Crippen LogP contribution in [0.3, 0.4) is 0 Å². The van der Waals surface area contributed by atoms with E-state index in [1.54, 1.807) is 23.1 Å². The van der Waals surface area contributed by atoms with Gasteiger partial charge in [0.05, 0.1) is 27.9 Å². The summed E-state index contributed by atoms with van der Waals surface area (Å²) in [5, 5.41) is 0. The molecule has 0 aromatic heterocycles. The number of rotatable bonds is 10.